The van der Waals surface area contributed by atoms with Gasteiger partial charge in [-0.15, -0.1) is 11.6 Å². The lowest BCUT2D eigenvalue weighted by Crippen LogP contribution is -2.62. The normalized spacial score (nSPS) is 15.4. The van der Waals surface area contributed by atoms with Crippen LogP contribution >= 0.6 is 23.2 Å². The minimum absolute atomic E-state index is 0.0385. The third kappa shape index (κ3) is 32.2. The van der Waals surface area contributed by atoms with E-state index in [0.29, 0.717) is 16.7 Å². The van der Waals surface area contributed by atoms with Gasteiger partial charge in [0.05, 0.1) is 74.7 Å². The number of hydrogen-bond acceptors (Lipinski definition) is 26. The van der Waals surface area contributed by atoms with E-state index in [1.165, 1.54) is 64.3 Å². The maximum atomic E-state index is 15.4. The van der Waals surface area contributed by atoms with Crippen LogP contribution in [0.25, 0.3) is 10.9 Å². The number of aromatic nitrogens is 1. The van der Waals surface area contributed by atoms with Gasteiger partial charge < -0.3 is 130 Å². The van der Waals surface area contributed by atoms with Crippen LogP contribution in [0.2, 0.25) is 5.02 Å². The number of nitrogens with zero attached hydrogens (tertiary/aromatic N) is 3. The molecule has 0 radical (unpaired) electrons. The van der Waals surface area contributed by atoms with E-state index in [9.17, 15) is 96.6 Å². The summed E-state index contributed by atoms with van der Waals surface area (Å²) >= 11 is 13.3. The number of H-pyrrole nitrogens is 1. The third-order valence-corrected chi connectivity index (χ3v) is 23.2. The summed E-state index contributed by atoms with van der Waals surface area (Å²) in [5.41, 5.74) is 9.49. The average molecular weight is 1920 g/mol. The van der Waals surface area contributed by atoms with Crippen molar-refractivity contribution in [3.05, 3.63) is 166 Å². The molecular formula is C86H109Cl2N17O27S. The van der Waals surface area contributed by atoms with Crippen LogP contribution in [0.5, 0.6) is 11.5 Å². The van der Waals surface area contributed by atoms with E-state index in [1.54, 1.807) is 66.9 Å². The molecule has 14 atom stereocenters. The minimum atomic E-state index is -4.04. The lowest BCUT2D eigenvalue weighted by molar-refractivity contribution is -0.148. The molecule has 1 aliphatic rings. The molecule has 133 heavy (non-hydrogen) atoms. The topological polar surface area (TPSA) is 682 Å². The van der Waals surface area contributed by atoms with Crippen molar-refractivity contribution in [3.63, 3.8) is 0 Å². The first-order valence-corrected chi connectivity index (χ1v) is 44.5. The third-order valence-electron chi connectivity index (χ3n) is 21.3. The van der Waals surface area contributed by atoms with Crippen molar-refractivity contribution in [2.24, 2.45) is 11.7 Å². The first-order chi connectivity index (χ1) is 62.9. The SMILES string of the molecule is CC(C)[C@H](NC(=O)[C@H](CC(=O)O)NC(=O)[C@@H](Cc1ccc(O)c(Cl)c1)NC(=O)[C@H](Cc1ccccc1)N(C)C(=O)[C@@H]1CCCN1C(=O)[C@@H](NC(=O)[C@H](Cc1ccccc1)N(C)C(=O)[C@@H](N)Cc1c[nH]c2ccccc12)C(Cl)CS(C)(=O)=O)C(=O)N[C@H](Cc1ccc(O)cc1)C(=O)N[C@@H](CO)C(=O)NCC(=O)N[C@@H](CO)C(=O)NCC(=O)N[C@@H](CO)C(=O)NCC(=O)N[C@@H](CO)C(=O)O. The fraction of sp³-hybridized carbons (Fsp3) is 0.430. The van der Waals surface area contributed by atoms with Crippen molar-refractivity contribution in [3.8, 4) is 11.5 Å². The number of aliphatic hydroxyl groups is 4. The summed E-state index contributed by atoms with van der Waals surface area (Å²) in [6, 6.07) is 10.4. The van der Waals surface area contributed by atoms with Crippen LogP contribution in [0.3, 0.4) is 0 Å². The van der Waals surface area contributed by atoms with Gasteiger partial charge >= 0.3 is 11.9 Å². The molecule has 44 nitrogen and oxygen atoms in total. The molecule has 6 aromatic rings. The molecule has 5 aromatic carbocycles. The van der Waals surface area contributed by atoms with Crippen LogP contribution in [-0.4, -0.2) is 332 Å². The Balaban J connectivity index is 1.07. The van der Waals surface area contributed by atoms with Crippen LogP contribution in [-0.2, 0) is 123 Å². The van der Waals surface area contributed by atoms with E-state index in [4.69, 9.17) is 39.1 Å². The highest BCUT2D eigenvalue weighted by Crippen LogP contribution is 2.28. The van der Waals surface area contributed by atoms with Crippen LogP contribution in [0, 0.1) is 5.92 Å². The van der Waals surface area contributed by atoms with Gasteiger partial charge in [0, 0.05) is 69.7 Å². The quantitative estimate of drug-likeness (QED) is 0.0158. The number of nitrogens with one attached hydrogen (secondary N) is 13. The number of likely N-dealkylation sites (N-methyl/N-ethyl adjacent to an activating group) is 2. The molecule has 23 N–H and O–H groups in total. The highest BCUT2D eigenvalue weighted by molar-refractivity contribution is 7.90. The monoisotopic (exact) mass is 1910 g/mol. The Morgan fingerprint density at radius 1 is 0.504 bits per heavy atom. The summed E-state index contributed by atoms with van der Waals surface area (Å²) in [5, 5.41) is 105. The number of alkyl halides is 1. The van der Waals surface area contributed by atoms with Gasteiger partial charge in [-0.25, -0.2) is 13.2 Å². The predicted molar refractivity (Wildman–Crippen MR) is 476 cm³/mol. The lowest BCUT2D eigenvalue weighted by atomic mass is 9.99. The second-order valence-electron chi connectivity index (χ2n) is 31.8. The summed E-state index contributed by atoms with van der Waals surface area (Å²) in [6.07, 6.45) is -0.0186. The van der Waals surface area contributed by atoms with Gasteiger partial charge in [-0.05, 0) is 83.3 Å². The summed E-state index contributed by atoms with van der Waals surface area (Å²) in [6.45, 7) is -4.52. The van der Waals surface area contributed by atoms with Crippen molar-refractivity contribution < 1.29 is 131 Å². The number of halogens is 2. The maximum absolute atomic E-state index is 15.4. The summed E-state index contributed by atoms with van der Waals surface area (Å²) < 4.78 is 26.1. The number of amides is 15. The van der Waals surface area contributed by atoms with Gasteiger partial charge in [-0.1, -0.05) is 123 Å². The van der Waals surface area contributed by atoms with Crippen molar-refractivity contribution in [1.82, 2.24) is 83.5 Å². The summed E-state index contributed by atoms with van der Waals surface area (Å²) in [7, 11) is -1.46. The van der Waals surface area contributed by atoms with Gasteiger partial charge in [0.25, 0.3) is 0 Å². The molecule has 1 aromatic heterocycles. The molecule has 0 bridgehead atoms. The second-order valence-corrected chi connectivity index (χ2v) is 34.9. The molecule has 1 fully saturated rings. The number of aliphatic hydroxyl groups excluding tert-OH is 4. The van der Waals surface area contributed by atoms with Crippen LogP contribution in [0.4, 0.5) is 0 Å². The molecule has 47 heteroatoms. The van der Waals surface area contributed by atoms with Gasteiger partial charge in [0.1, 0.15) is 93.8 Å². The molecule has 1 aliphatic heterocycles. The minimum Gasteiger partial charge on any atom is -0.508 e. The first-order valence-electron chi connectivity index (χ1n) is 41.7. The van der Waals surface area contributed by atoms with E-state index < -0.39 is 277 Å². The predicted octanol–water partition coefficient (Wildman–Crippen LogP) is -5.73. The number of phenols is 2. The highest BCUT2D eigenvalue weighted by atomic mass is 35.5. The Morgan fingerprint density at radius 2 is 0.940 bits per heavy atom. The van der Waals surface area contributed by atoms with E-state index in [1.807, 2.05) is 45.5 Å². The molecule has 720 valence electrons. The molecule has 2 heterocycles. The number of benzene rings is 5. The van der Waals surface area contributed by atoms with E-state index in [2.05, 4.69) is 47.5 Å². The highest BCUT2D eigenvalue weighted by Gasteiger charge is 2.46. The number of rotatable bonds is 50. The van der Waals surface area contributed by atoms with E-state index in [-0.39, 0.29) is 60.5 Å². The number of fused-ring (bicyclic) bond motifs is 1. The zero-order valence-electron chi connectivity index (χ0n) is 72.8. The molecule has 0 spiro atoms. The van der Waals surface area contributed by atoms with Gasteiger partial charge in [0.15, 0.2) is 0 Å². The number of para-hydroxylation sites is 1. The summed E-state index contributed by atoms with van der Waals surface area (Å²) in [4.78, 5) is 241. The van der Waals surface area contributed by atoms with Crippen molar-refractivity contribution >= 4 is 144 Å². The van der Waals surface area contributed by atoms with Gasteiger partial charge in [0.2, 0.25) is 88.6 Å². The second kappa shape index (κ2) is 50.8. The fourth-order valence-electron chi connectivity index (χ4n) is 14.1. The number of sulfone groups is 1. The number of phenolic OH excluding ortho intramolecular Hbond substituents is 2. The maximum Gasteiger partial charge on any atom is 0.328 e. The van der Waals surface area contributed by atoms with Crippen LogP contribution < -0.4 is 69.5 Å². The number of aromatic amines is 1. The van der Waals surface area contributed by atoms with Crippen molar-refractivity contribution in [2.75, 3.05) is 78.7 Å². The van der Waals surface area contributed by atoms with E-state index in [0.717, 1.165) is 37.9 Å². The van der Waals surface area contributed by atoms with Crippen molar-refractivity contribution in [1.29, 1.82) is 0 Å². The lowest BCUT2D eigenvalue weighted by Gasteiger charge is -2.36. The molecule has 1 saturated heterocycles. The van der Waals surface area contributed by atoms with Crippen LogP contribution in [0.15, 0.2) is 134 Å². The Morgan fingerprint density at radius 3 is 1.44 bits per heavy atom. The Bertz CT molecular complexity index is 5280. The number of likely N-dealkylation sites (tertiary alicyclic amines) is 1. The number of hydrogen-bond donors (Lipinski definition) is 22. The number of nitrogens with two attached hydrogens (primary N) is 1. The Kier molecular flexibility index (Phi) is 40.7. The molecule has 1 unspecified atom stereocenters. The number of aliphatic carboxylic acids is 2. The zero-order chi connectivity index (χ0) is 98.3. The number of carboxylic acids is 2. The average Bonchev–Trinajstić information content (AvgIpc) is 1.72. The van der Waals surface area contributed by atoms with Crippen LogP contribution in [0.1, 0.15) is 60.9 Å². The number of aromatic hydroxyl groups is 2. The molecular weight excluding hydrogens is 1810 g/mol. The standard InChI is InChI=1S/C86H109Cl2N17O27S/c1-45(2)72(82(125)99-57(30-48-22-25-51(110)26-23-48)78(121)100-62(42-108)76(119)93-38-69(113)95-60(40-106)74(117)91-37-68(112)94-61(41-107)75(118)92-39-70(114)96-63(43-109)86(129)130)101-79(122)59(35-71(115)116)97-77(120)58(31-49-24-27-67(111)53(87)29-49)98-80(123)65(32-46-15-8-6-9-16-46)104(4)84(127)64-21-14-28-105(64)85(128)73(54(88)44-133(5,131)132)102-81(124)66(33-47-17-10-7-11-18-47)103(3)83(126)55(89)34-50-36-90-56-20-13-12-19-52(50)56/h6-13,15-20,22-27,29,36,45,54-55,57-66,72-73,90,106-111H,14,21,28,30-35,37-44,89H2,1-5H3,(H,91,117)(H,92,118)(H,93,119)(H,94,112)(H,95,113)(H,96,114)(H,97,120)(H,98,123)(H,99,125)(H,100,121)(H,101,122)(H,102,124)(H,115,116)(H,129,130)/t54?,55-,57+,58+,59-,60-,61-,62-,63-,64-,65-,66-,72-,73-/m0/s1. The molecule has 15 amide bonds. The largest absolute Gasteiger partial charge is 0.508 e. The number of carboxylic acid groups (broad SMARTS) is 2. The van der Waals surface area contributed by atoms with Gasteiger partial charge in [-0.2, -0.15) is 0 Å². The molecule has 0 saturated carbocycles. The van der Waals surface area contributed by atoms with Crippen molar-refractivity contribution in [2.45, 2.75) is 149 Å². The Labute approximate surface area is 772 Å². The zero-order valence-corrected chi connectivity index (χ0v) is 75.1. The fourth-order valence-corrected chi connectivity index (χ4v) is 16.0. The smallest absolute Gasteiger partial charge is 0.328 e. The Hall–Kier alpha value is -13.4. The molecule has 0 aliphatic carbocycles. The molecule has 7 rings (SSSR count). The first kappa shape index (κ1) is 107. The number of carbonyl (C=O) groups is 17. The summed E-state index contributed by atoms with van der Waals surface area (Å²) in [5.74, 6) is -22.4. The van der Waals surface area contributed by atoms with Gasteiger partial charge in [-0.3, -0.25) is 76.7 Å². The number of carbonyl (C=O) groups excluding carboxylic acids is 15. The van der Waals surface area contributed by atoms with E-state index >= 15 is 24.0 Å².